The number of hydrogen-bond donors (Lipinski definition) is 5. The van der Waals surface area contributed by atoms with E-state index in [1.54, 1.807) is 13.8 Å². The van der Waals surface area contributed by atoms with E-state index in [1.165, 1.54) is 0 Å². The van der Waals surface area contributed by atoms with E-state index in [2.05, 4.69) is 16.0 Å². The summed E-state index contributed by atoms with van der Waals surface area (Å²) in [5.74, 6) is -2.70. The summed E-state index contributed by atoms with van der Waals surface area (Å²) in [6, 6.07) is -1.11. The van der Waals surface area contributed by atoms with Crippen molar-refractivity contribution >= 4 is 33.8 Å². The fourth-order valence-corrected chi connectivity index (χ4v) is 3.39. The minimum Gasteiger partial charge on any atom is -0.481 e. The number of likely N-dealkylation sites (N-methyl/N-ethyl adjacent to an activating group) is 1. The maximum Gasteiger partial charge on any atom is 0.305 e. The first-order valence-corrected chi connectivity index (χ1v) is 13.5. The van der Waals surface area contributed by atoms with Crippen LogP contribution in [0, 0.1) is 5.41 Å². The normalized spacial score (nSPS) is 13.1. The topological polar surface area (TPSA) is 188 Å². The molecule has 0 fully saturated rings. The van der Waals surface area contributed by atoms with Crippen LogP contribution in [-0.2, 0) is 34.0 Å². The van der Waals surface area contributed by atoms with Crippen LogP contribution < -0.4 is 16.0 Å². The van der Waals surface area contributed by atoms with Crippen LogP contribution in [-0.4, -0.2) is 112 Å². The number of nitrogens with zero attached hydrogens (tertiary/aromatic N) is 1. The van der Waals surface area contributed by atoms with Gasteiger partial charge in [-0.3, -0.25) is 23.7 Å². The second-order valence-corrected chi connectivity index (χ2v) is 11.5. The standard InChI is InChI=1S/C22H42N4O9S/c1-6-22(2,3)21(31)25-17(16-18(27)23-10-14-35-13-8-19(28)29)20(30)24-9-12-26(4,5)11-7-15-36(32,33)34/h17H,6-16H2,1-5H3,(H4-,23,24,25,27,28,29,30,31,32,33,34)/p+1. The molecule has 14 heteroatoms. The SMILES string of the molecule is CCC(C)(C)C(=O)NC(CC(=O)NCCOCCC(=O)O)C(=O)NCC[N+](C)(C)CCCS(=O)(=O)O. The van der Waals surface area contributed by atoms with E-state index in [9.17, 15) is 27.6 Å². The minimum absolute atomic E-state index is 0.0169. The molecule has 36 heavy (non-hydrogen) atoms. The molecule has 0 radical (unpaired) electrons. The van der Waals surface area contributed by atoms with Gasteiger partial charge in [-0.2, -0.15) is 8.42 Å². The number of aliphatic carboxylic acids is 1. The van der Waals surface area contributed by atoms with Crippen LogP contribution >= 0.6 is 0 Å². The van der Waals surface area contributed by atoms with Crippen molar-refractivity contribution in [3.63, 3.8) is 0 Å². The third-order valence-electron chi connectivity index (χ3n) is 5.72. The highest BCUT2D eigenvalue weighted by Gasteiger charge is 2.31. The van der Waals surface area contributed by atoms with Gasteiger partial charge in [0.15, 0.2) is 0 Å². The average molecular weight is 540 g/mol. The fourth-order valence-electron chi connectivity index (χ4n) is 2.90. The van der Waals surface area contributed by atoms with Crippen molar-refractivity contribution in [2.75, 3.05) is 59.2 Å². The molecular weight excluding hydrogens is 496 g/mol. The molecule has 0 aromatic carbocycles. The Kier molecular flexibility index (Phi) is 14.7. The fraction of sp³-hybridized carbons (Fsp3) is 0.818. The van der Waals surface area contributed by atoms with Gasteiger partial charge in [0.05, 0.1) is 65.5 Å². The number of carboxylic acid groups (broad SMARTS) is 1. The van der Waals surface area contributed by atoms with E-state index >= 15 is 0 Å². The Labute approximate surface area is 213 Å². The molecule has 0 spiro atoms. The highest BCUT2D eigenvalue weighted by molar-refractivity contribution is 7.85. The highest BCUT2D eigenvalue weighted by Crippen LogP contribution is 2.20. The number of carbonyl (C=O) groups excluding carboxylic acids is 3. The molecule has 0 heterocycles. The molecule has 3 amide bonds. The van der Waals surface area contributed by atoms with E-state index in [1.807, 2.05) is 21.0 Å². The van der Waals surface area contributed by atoms with Crippen molar-refractivity contribution in [2.45, 2.75) is 52.5 Å². The van der Waals surface area contributed by atoms with Crippen LogP contribution in [0.25, 0.3) is 0 Å². The molecule has 1 atom stereocenters. The highest BCUT2D eigenvalue weighted by atomic mass is 32.2. The summed E-state index contributed by atoms with van der Waals surface area (Å²) in [5, 5.41) is 16.5. The van der Waals surface area contributed by atoms with Crippen LogP contribution in [0.2, 0.25) is 0 Å². The van der Waals surface area contributed by atoms with Gasteiger partial charge in [0.25, 0.3) is 10.1 Å². The number of carbonyl (C=O) groups is 4. The van der Waals surface area contributed by atoms with Crippen LogP contribution in [0.3, 0.4) is 0 Å². The Morgan fingerprint density at radius 2 is 1.67 bits per heavy atom. The first-order valence-electron chi connectivity index (χ1n) is 11.9. The largest absolute Gasteiger partial charge is 0.481 e. The summed E-state index contributed by atoms with van der Waals surface area (Å²) in [4.78, 5) is 48.3. The molecule has 0 aromatic heterocycles. The van der Waals surface area contributed by atoms with E-state index < -0.39 is 39.4 Å². The minimum atomic E-state index is -4.03. The van der Waals surface area contributed by atoms with Crippen LogP contribution in [0.15, 0.2) is 0 Å². The maximum absolute atomic E-state index is 12.8. The van der Waals surface area contributed by atoms with E-state index in [0.29, 0.717) is 24.0 Å². The predicted molar refractivity (Wildman–Crippen MR) is 133 cm³/mol. The number of nitrogens with one attached hydrogen (secondary N) is 3. The number of ether oxygens (including phenoxy) is 1. The van der Waals surface area contributed by atoms with Gasteiger partial charge < -0.3 is 30.3 Å². The van der Waals surface area contributed by atoms with E-state index in [-0.39, 0.29) is 57.2 Å². The van der Waals surface area contributed by atoms with Crippen molar-refractivity contribution in [1.82, 2.24) is 16.0 Å². The number of carboxylic acids is 1. The molecule has 5 N–H and O–H groups in total. The van der Waals surface area contributed by atoms with Crippen molar-refractivity contribution < 1.29 is 46.5 Å². The molecule has 1 unspecified atom stereocenters. The Morgan fingerprint density at radius 3 is 2.22 bits per heavy atom. The second-order valence-electron chi connectivity index (χ2n) is 9.89. The summed E-state index contributed by atoms with van der Waals surface area (Å²) in [5.41, 5.74) is -0.737. The summed E-state index contributed by atoms with van der Waals surface area (Å²) in [6.07, 6.45) is 0.345. The van der Waals surface area contributed by atoms with Gasteiger partial charge in [0, 0.05) is 18.4 Å². The van der Waals surface area contributed by atoms with Crippen molar-refractivity contribution in [1.29, 1.82) is 0 Å². The van der Waals surface area contributed by atoms with Crippen LogP contribution in [0.1, 0.15) is 46.5 Å². The molecule has 0 aliphatic rings. The Morgan fingerprint density at radius 1 is 1.03 bits per heavy atom. The Bertz CT molecular complexity index is 844. The summed E-state index contributed by atoms with van der Waals surface area (Å²) >= 11 is 0. The van der Waals surface area contributed by atoms with Gasteiger partial charge in [-0.15, -0.1) is 0 Å². The molecule has 0 saturated heterocycles. The van der Waals surface area contributed by atoms with Crippen molar-refractivity contribution in [3.05, 3.63) is 0 Å². The molecule has 0 bridgehead atoms. The molecule has 13 nitrogen and oxygen atoms in total. The molecule has 0 aliphatic heterocycles. The zero-order chi connectivity index (χ0) is 28.0. The molecule has 0 saturated carbocycles. The molecule has 0 aromatic rings. The van der Waals surface area contributed by atoms with Crippen molar-refractivity contribution in [2.24, 2.45) is 5.41 Å². The van der Waals surface area contributed by atoms with Gasteiger partial charge in [-0.25, -0.2) is 0 Å². The number of hydrogen-bond acceptors (Lipinski definition) is 7. The van der Waals surface area contributed by atoms with Crippen LogP contribution in [0.4, 0.5) is 0 Å². The van der Waals surface area contributed by atoms with Gasteiger partial charge >= 0.3 is 5.97 Å². The lowest BCUT2D eigenvalue weighted by Crippen LogP contribution is -2.54. The third-order valence-corrected chi connectivity index (χ3v) is 6.53. The van der Waals surface area contributed by atoms with Gasteiger partial charge in [0.1, 0.15) is 6.04 Å². The van der Waals surface area contributed by atoms with E-state index in [4.69, 9.17) is 14.4 Å². The Hall–Kier alpha value is -2.29. The van der Waals surface area contributed by atoms with Gasteiger partial charge in [-0.05, 0) is 6.42 Å². The third kappa shape index (κ3) is 16.4. The second kappa shape index (κ2) is 15.7. The lowest BCUT2D eigenvalue weighted by Gasteiger charge is -2.30. The predicted octanol–water partition coefficient (Wildman–Crippen LogP) is -0.624. The number of quaternary nitrogens is 1. The smallest absolute Gasteiger partial charge is 0.305 e. The first-order chi connectivity index (χ1) is 16.5. The van der Waals surface area contributed by atoms with Gasteiger partial charge in [-0.1, -0.05) is 20.8 Å². The molecule has 0 aliphatic carbocycles. The van der Waals surface area contributed by atoms with E-state index in [0.717, 1.165) is 0 Å². The lowest BCUT2D eigenvalue weighted by molar-refractivity contribution is -0.889. The summed E-state index contributed by atoms with van der Waals surface area (Å²) in [7, 11) is -0.329. The molecule has 210 valence electrons. The Balaban J connectivity index is 4.89. The summed E-state index contributed by atoms with van der Waals surface area (Å²) < 4.78 is 36.2. The van der Waals surface area contributed by atoms with Crippen molar-refractivity contribution in [3.8, 4) is 0 Å². The van der Waals surface area contributed by atoms with Crippen LogP contribution in [0.5, 0.6) is 0 Å². The molecular formula is C22H43N4O9S+. The zero-order valence-electron chi connectivity index (χ0n) is 22.0. The number of amides is 3. The average Bonchev–Trinajstić information content (AvgIpc) is 2.73. The zero-order valence-corrected chi connectivity index (χ0v) is 22.8. The summed E-state index contributed by atoms with van der Waals surface area (Å²) in [6.45, 7) is 6.69. The van der Waals surface area contributed by atoms with Gasteiger partial charge in [0.2, 0.25) is 17.7 Å². The maximum atomic E-state index is 12.8. The first kappa shape index (κ1) is 33.7. The monoisotopic (exact) mass is 539 g/mol. The lowest BCUT2D eigenvalue weighted by atomic mass is 9.89. The molecule has 0 rings (SSSR count). The number of rotatable bonds is 19. The quantitative estimate of drug-likeness (QED) is 0.0809.